The van der Waals surface area contributed by atoms with Crippen LogP contribution in [0, 0.1) is 17.2 Å². The van der Waals surface area contributed by atoms with Gasteiger partial charge in [0.2, 0.25) is 0 Å². The number of rotatable bonds is 4. The first-order valence-corrected chi connectivity index (χ1v) is 16.4. The van der Waals surface area contributed by atoms with Gasteiger partial charge in [-0.2, -0.15) is 5.26 Å². The SMILES string of the molecule is N#Cc1ccccc1-c1ccc(-c2cccc(-n3c4ccccc4c4ccccc43)c2)cc1-n1c2c(c3ccccc31)C1=C[C@H]1CC2. The zero-order chi connectivity index (χ0) is 31.1. The molecule has 10 rings (SSSR count). The number of nitrogens with zero attached hydrogens (tertiary/aromatic N) is 3. The van der Waals surface area contributed by atoms with E-state index in [2.05, 4.69) is 143 Å². The molecule has 2 heterocycles. The molecule has 47 heavy (non-hydrogen) atoms. The summed E-state index contributed by atoms with van der Waals surface area (Å²) in [6.07, 6.45) is 4.62. The minimum atomic E-state index is 0.621. The van der Waals surface area contributed by atoms with Crippen molar-refractivity contribution in [1.29, 1.82) is 5.26 Å². The lowest BCUT2D eigenvalue weighted by Gasteiger charge is -2.20. The van der Waals surface area contributed by atoms with Crippen LogP contribution in [0.1, 0.15) is 23.2 Å². The highest BCUT2D eigenvalue weighted by molar-refractivity contribution is 6.09. The van der Waals surface area contributed by atoms with Gasteiger partial charge in [0.1, 0.15) is 0 Å². The predicted octanol–water partition coefficient (Wildman–Crippen LogP) is 10.9. The van der Waals surface area contributed by atoms with Gasteiger partial charge in [0, 0.05) is 50.1 Å². The van der Waals surface area contributed by atoms with E-state index in [1.165, 1.54) is 49.5 Å². The maximum atomic E-state index is 10.1. The molecule has 0 spiro atoms. The zero-order valence-corrected chi connectivity index (χ0v) is 25.7. The lowest BCUT2D eigenvalue weighted by atomic mass is 9.93. The van der Waals surface area contributed by atoms with Crippen LogP contribution in [0.3, 0.4) is 0 Å². The molecule has 3 heteroatoms. The Morgan fingerprint density at radius 2 is 1.23 bits per heavy atom. The fourth-order valence-electron chi connectivity index (χ4n) is 8.06. The van der Waals surface area contributed by atoms with Gasteiger partial charge in [-0.05, 0) is 72.0 Å². The van der Waals surface area contributed by atoms with Crippen LogP contribution >= 0.6 is 0 Å². The summed E-state index contributed by atoms with van der Waals surface area (Å²) >= 11 is 0. The first kappa shape index (κ1) is 26.1. The number of nitriles is 1. The number of hydrogen-bond acceptors (Lipinski definition) is 1. The molecule has 8 aromatic rings. The standard InChI is InChI=1S/C44H29N3/c45-27-31-10-1-2-13-33(31)36-22-20-29(26-43(36)47-41-19-8-5-16-37(41)44-38-25-30(38)21-23-42(44)47)28-11-9-12-32(24-28)46-39-17-6-3-14-34(39)35-15-4-7-18-40(35)46/h1-20,22,24-26,30H,21,23H2/t30-/m1/s1. The van der Waals surface area contributed by atoms with Gasteiger partial charge in [-0.3, -0.25) is 0 Å². The molecule has 6 aromatic carbocycles. The largest absolute Gasteiger partial charge is 0.312 e. The maximum Gasteiger partial charge on any atom is 0.0998 e. The molecule has 0 unspecified atom stereocenters. The van der Waals surface area contributed by atoms with Crippen LogP contribution < -0.4 is 0 Å². The van der Waals surface area contributed by atoms with Gasteiger partial charge < -0.3 is 9.13 Å². The minimum Gasteiger partial charge on any atom is -0.312 e. The Hall–Kier alpha value is -6.11. The third-order valence-corrected chi connectivity index (χ3v) is 10.2. The minimum absolute atomic E-state index is 0.621. The summed E-state index contributed by atoms with van der Waals surface area (Å²) in [5, 5.41) is 14.0. The number of para-hydroxylation sites is 3. The molecular formula is C44H29N3. The molecule has 2 aliphatic carbocycles. The summed E-state index contributed by atoms with van der Waals surface area (Å²) in [6.45, 7) is 0. The summed E-state index contributed by atoms with van der Waals surface area (Å²) in [7, 11) is 0. The number of aromatic nitrogens is 2. The van der Waals surface area contributed by atoms with E-state index in [4.69, 9.17) is 0 Å². The highest BCUT2D eigenvalue weighted by Gasteiger charge is 2.36. The average molecular weight is 600 g/mol. The van der Waals surface area contributed by atoms with Crippen LogP contribution in [-0.4, -0.2) is 9.13 Å². The van der Waals surface area contributed by atoms with Crippen LogP contribution in [-0.2, 0) is 6.42 Å². The van der Waals surface area contributed by atoms with Crippen molar-refractivity contribution in [1.82, 2.24) is 9.13 Å². The van der Waals surface area contributed by atoms with Crippen molar-refractivity contribution in [2.45, 2.75) is 12.8 Å². The molecular weight excluding hydrogens is 571 g/mol. The summed E-state index contributed by atoms with van der Waals surface area (Å²) in [4.78, 5) is 0. The van der Waals surface area contributed by atoms with E-state index in [-0.39, 0.29) is 0 Å². The molecule has 0 saturated carbocycles. The molecule has 0 radical (unpaired) electrons. The summed E-state index contributed by atoms with van der Waals surface area (Å²) in [5.74, 6) is 0.621. The van der Waals surface area contributed by atoms with E-state index < -0.39 is 0 Å². The Bertz CT molecular complexity index is 2600. The third kappa shape index (κ3) is 3.85. The van der Waals surface area contributed by atoms with Gasteiger partial charge in [-0.1, -0.05) is 103 Å². The molecule has 2 aliphatic rings. The number of benzene rings is 6. The molecule has 3 nitrogen and oxygen atoms in total. The molecule has 0 saturated heterocycles. The van der Waals surface area contributed by atoms with Gasteiger partial charge in [-0.25, -0.2) is 0 Å². The molecule has 0 aliphatic heterocycles. The van der Waals surface area contributed by atoms with E-state index in [0.717, 1.165) is 46.5 Å². The lowest BCUT2D eigenvalue weighted by molar-refractivity contribution is 0.732. The topological polar surface area (TPSA) is 33.6 Å². The number of allylic oxidation sites excluding steroid dienone is 2. The third-order valence-electron chi connectivity index (χ3n) is 10.2. The average Bonchev–Trinajstić information content (AvgIpc) is 3.75. The number of hydrogen-bond donors (Lipinski definition) is 0. The number of fused-ring (bicyclic) bond motifs is 8. The summed E-state index contributed by atoms with van der Waals surface area (Å²) in [5.41, 5.74) is 15.2. The monoisotopic (exact) mass is 599 g/mol. The van der Waals surface area contributed by atoms with Crippen LogP contribution in [0.5, 0.6) is 0 Å². The van der Waals surface area contributed by atoms with E-state index >= 15 is 0 Å². The molecule has 2 aromatic heterocycles. The normalized spacial score (nSPS) is 15.0. The van der Waals surface area contributed by atoms with Crippen molar-refractivity contribution in [2.75, 3.05) is 0 Å². The van der Waals surface area contributed by atoms with Crippen molar-refractivity contribution in [3.8, 4) is 39.7 Å². The van der Waals surface area contributed by atoms with Gasteiger partial charge >= 0.3 is 0 Å². The first-order chi connectivity index (χ1) is 23.3. The molecule has 0 amide bonds. The molecule has 220 valence electrons. The lowest BCUT2D eigenvalue weighted by Crippen LogP contribution is -2.07. The maximum absolute atomic E-state index is 10.1. The Balaban J connectivity index is 1.22. The smallest absolute Gasteiger partial charge is 0.0998 e. The van der Waals surface area contributed by atoms with Gasteiger partial charge in [0.25, 0.3) is 0 Å². The van der Waals surface area contributed by atoms with Crippen LogP contribution in [0.15, 0.2) is 146 Å². The molecule has 1 atom stereocenters. The Labute approximate surface area is 272 Å². The van der Waals surface area contributed by atoms with Crippen molar-refractivity contribution in [2.24, 2.45) is 5.92 Å². The van der Waals surface area contributed by atoms with Crippen LogP contribution in [0.2, 0.25) is 0 Å². The Morgan fingerprint density at radius 3 is 2.00 bits per heavy atom. The quantitative estimate of drug-likeness (QED) is 0.198. The molecule has 0 bridgehead atoms. The first-order valence-electron chi connectivity index (χ1n) is 16.4. The summed E-state index contributed by atoms with van der Waals surface area (Å²) < 4.78 is 4.87. The van der Waals surface area contributed by atoms with Crippen LogP contribution in [0.4, 0.5) is 0 Å². The van der Waals surface area contributed by atoms with Crippen molar-refractivity contribution in [3.63, 3.8) is 0 Å². The van der Waals surface area contributed by atoms with E-state index in [0.29, 0.717) is 11.5 Å². The van der Waals surface area contributed by atoms with Crippen LogP contribution in [0.25, 0.3) is 71.9 Å². The van der Waals surface area contributed by atoms with Gasteiger partial charge in [-0.15, -0.1) is 0 Å². The second-order valence-corrected chi connectivity index (χ2v) is 12.8. The zero-order valence-electron chi connectivity index (χ0n) is 25.7. The van der Waals surface area contributed by atoms with E-state index in [1.807, 2.05) is 18.2 Å². The fraction of sp³-hybridized carbons (Fsp3) is 0.0682. The second kappa shape index (κ2) is 9.94. The fourth-order valence-corrected chi connectivity index (χ4v) is 8.06. The summed E-state index contributed by atoms with van der Waals surface area (Å²) in [6, 6.07) is 52.2. The molecule has 0 N–H and O–H groups in total. The van der Waals surface area contributed by atoms with Crippen molar-refractivity contribution >= 4 is 38.3 Å². The second-order valence-electron chi connectivity index (χ2n) is 12.8. The Morgan fingerprint density at radius 1 is 0.574 bits per heavy atom. The van der Waals surface area contributed by atoms with Gasteiger partial charge in [0.05, 0.1) is 33.9 Å². The van der Waals surface area contributed by atoms with E-state index in [1.54, 1.807) is 0 Å². The van der Waals surface area contributed by atoms with Crippen molar-refractivity contribution < 1.29 is 0 Å². The molecule has 0 fully saturated rings. The van der Waals surface area contributed by atoms with Gasteiger partial charge in [0.15, 0.2) is 0 Å². The Kier molecular flexibility index (Phi) is 5.53. The highest BCUT2D eigenvalue weighted by atomic mass is 15.0. The highest BCUT2D eigenvalue weighted by Crippen LogP contribution is 2.52. The van der Waals surface area contributed by atoms with Crippen molar-refractivity contribution in [3.05, 3.63) is 162 Å². The predicted molar refractivity (Wildman–Crippen MR) is 193 cm³/mol. The van der Waals surface area contributed by atoms with E-state index in [9.17, 15) is 5.26 Å².